The van der Waals surface area contributed by atoms with Crippen LogP contribution in [0.4, 0.5) is 10.1 Å². The highest BCUT2D eigenvalue weighted by atomic mass is 32.2. The van der Waals surface area contributed by atoms with Crippen LogP contribution in [0.5, 0.6) is 0 Å². The summed E-state index contributed by atoms with van der Waals surface area (Å²) in [5, 5.41) is 8.97. The first-order valence-electron chi connectivity index (χ1n) is 8.83. The number of benzene rings is 1. The molecule has 1 aromatic carbocycles. The topological polar surface area (TPSA) is 64.4 Å². The minimum absolute atomic E-state index is 0.0890. The third-order valence-electron chi connectivity index (χ3n) is 5.28. The Hall–Kier alpha value is -1.65. The molecular weight excluding hydrogens is 341 g/mol. The highest BCUT2D eigenvalue weighted by Crippen LogP contribution is 2.27. The van der Waals surface area contributed by atoms with Crippen molar-refractivity contribution in [1.82, 2.24) is 4.31 Å². The van der Waals surface area contributed by atoms with E-state index >= 15 is 0 Å². The molecule has 0 N–H and O–H groups in total. The van der Waals surface area contributed by atoms with E-state index in [1.807, 2.05) is 13.0 Å². The van der Waals surface area contributed by atoms with Crippen LogP contribution in [0.25, 0.3) is 0 Å². The predicted molar refractivity (Wildman–Crippen MR) is 95.0 cm³/mol. The van der Waals surface area contributed by atoms with Crippen molar-refractivity contribution in [1.29, 1.82) is 5.26 Å². The zero-order valence-corrected chi connectivity index (χ0v) is 15.3. The summed E-state index contributed by atoms with van der Waals surface area (Å²) in [6.45, 7) is 3.46. The maximum absolute atomic E-state index is 14.6. The zero-order chi connectivity index (χ0) is 18.0. The van der Waals surface area contributed by atoms with Crippen LogP contribution in [0.2, 0.25) is 0 Å². The number of nitriles is 1. The predicted octanol–water partition coefficient (Wildman–Crippen LogP) is 2.88. The van der Waals surface area contributed by atoms with Crippen molar-refractivity contribution < 1.29 is 12.8 Å². The van der Waals surface area contributed by atoms with Crippen LogP contribution < -0.4 is 4.90 Å². The lowest BCUT2D eigenvalue weighted by Crippen LogP contribution is -2.43. The highest BCUT2D eigenvalue weighted by Gasteiger charge is 2.32. The second kappa shape index (κ2) is 7.30. The van der Waals surface area contributed by atoms with Crippen LogP contribution in [-0.2, 0) is 16.6 Å². The largest absolute Gasteiger partial charge is 0.371 e. The van der Waals surface area contributed by atoms with Gasteiger partial charge in [-0.1, -0.05) is 6.07 Å². The third kappa shape index (κ3) is 3.96. The van der Waals surface area contributed by atoms with Gasteiger partial charge in [-0.15, -0.1) is 0 Å². The summed E-state index contributed by atoms with van der Waals surface area (Å²) in [7, 11) is -3.30. The lowest BCUT2D eigenvalue weighted by atomic mass is 9.98. The van der Waals surface area contributed by atoms with Gasteiger partial charge in [-0.2, -0.15) is 9.57 Å². The average Bonchev–Trinajstić information content (AvgIpc) is 2.59. The van der Waals surface area contributed by atoms with Crippen LogP contribution >= 0.6 is 0 Å². The Morgan fingerprint density at radius 2 is 2.00 bits per heavy atom. The molecule has 2 aliphatic rings. The van der Waals surface area contributed by atoms with Gasteiger partial charge < -0.3 is 4.90 Å². The van der Waals surface area contributed by atoms with Gasteiger partial charge in [-0.25, -0.2) is 12.8 Å². The van der Waals surface area contributed by atoms with E-state index in [1.54, 1.807) is 6.07 Å². The Morgan fingerprint density at radius 1 is 1.28 bits per heavy atom. The van der Waals surface area contributed by atoms with Gasteiger partial charge in [0.2, 0.25) is 10.0 Å². The molecule has 0 amide bonds. The van der Waals surface area contributed by atoms with Crippen LogP contribution in [0.1, 0.15) is 38.2 Å². The van der Waals surface area contributed by atoms with Crippen molar-refractivity contribution in [2.75, 3.05) is 23.7 Å². The molecule has 0 radical (unpaired) electrons. The van der Waals surface area contributed by atoms with E-state index in [4.69, 9.17) is 5.26 Å². The van der Waals surface area contributed by atoms with Crippen molar-refractivity contribution in [2.45, 2.75) is 45.2 Å². The molecule has 1 aromatic rings. The fourth-order valence-corrected chi connectivity index (χ4v) is 5.40. The monoisotopic (exact) mass is 365 g/mol. The summed E-state index contributed by atoms with van der Waals surface area (Å²) >= 11 is 0. The van der Waals surface area contributed by atoms with Crippen molar-refractivity contribution in [2.24, 2.45) is 5.92 Å². The smallest absolute Gasteiger partial charge is 0.214 e. The number of piperidine rings is 1. The number of hydrogen-bond donors (Lipinski definition) is 0. The van der Waals surface area contributed by atoms with Crippen molar-refractivity contribution in [3.8, 4) is 6.07 Å². The van der Waals surface area contributed by atoms with Gasteiger partial charge >= 0.3 is 0 Å². The standard InChI is InChI=1S/C18H24FN3O2S/c1-14-3-2-10-25(23,24)22(14)13-16-4-5-17(11-18(16)19)21-8-6-15(12-20)7-9-21/h4-5,11,14-15H,2-3,6-10,13H2,1H3. The molecule has 2 aliphatic heterocycles. The van der Waals surface area contributed by atoms with E-state index in [1.165, 1.54) is 10.4 Å². The quantitative estimate of drug-likeness (QED) is 0.826. The lowest BCUT2D eigenvalue weighted by molar-refractivity contribution is 0.293. The molecule has 1 atom stereocenters. The van der Waals surface area contributed by atoms with Gasteiger partial charge in [0, 0.05) is 42.8 Å². The molecule has 1 unspecified atom stereocenters. The van der Waals surface area contributed by atoms with E-state index in [-0.39, 0.29) is 30.1 Å². The second-order valence-corrected chi connectivity index (χ2v) is 9.06. The SMILES string of the molecule is CC1CCCS(=O)(=O)N1Cc1ccc(N2CCC(C#N)CC2)cc1F. The first-order valence-corrected chi connectivity index (χ1v) is 10.4. The van der Waals surface area contributed by atoms with Crippen LogP contribution in [0.3, 0.4) is 0 Å². The van der Waals surface area contributed by atoms with E-state index in [0.29, 0.717) is 12.0 Å². The molecule has 7 heteroatoms. The van der Waals surface area contributed by atoms with E-state index in [9.17, 15) is 12.8 Å². The van der Waals surface area contributed by atoms with E-state index in [2.05, 4.69) is 11.0 Å². The summed E-state index contributed by atoms with van der Waals surface area (Å²) in [6.07, 6.45) is 3.07. The summed E-state index contributed by atoms with van der Waals surface area (Å²) in [5.74, 6) is -0.135. The molecule has 0 bridgehead atoms. The van der Waals surface area contributed by atoms with Gasteiger partial charge in [0.15, 0.2) is 0 Å². The molecule has 2 fully saturated rings. The molecule has 2 saturated heterocycles. The van der Waals surface area contributed by atoms with Gasteiger partial charge in [0.25, 0.3) is 0 Å². The number of sulfonamides is 1. The minimum atomic E-state index is -3.30. The first-order chi connectivity index (χ1) is 11.9. The van der Waals surface area contributed by atoms with E-state index < -0.39 is 10.0 Å². The lowest BCUT2D eigenvalue weighted by Gasteiger charge is -2.33. The molecule has 3 rings (SSSR count). The normalized spacial score (nSPS) is 24.8. The maximum atomic E-state index is 14.6. The minimum Gasteiger partial charge on any atom is -0.371 e. The number of halogens is 1. The molecule has 25 heavy (non-hydrogen) atoms. The summed E-state index contributed by atoms with van der Waals surface area (Å²) in [5.41, 5.74) is 1.21. The number of anilines is 1. The summed E-state index contributed by atoms with van der Waals surface area (Å²) < 4.78 is 40.5. The Balaban J connectivity index is 1.73. The molecule has 0 aliphatic carbocycles. The fraction of sp³-hybridized carbons (Fsp3) is 0.611. The zero-order valence-electron chi connectivity index (χ0n) is 14.5. The molecule has 5 nitrogen and oxygen atoms in total. The fourth-order valence-electron chi connectivity index (χ4n) is 3.65. The van der Waals surface area contributed by atoms with Crippen molar-refractivity contribution in [3.63, 3.8) is 0 Å². The van der Waals surface area contributed by atoms with Crippen LogP contribution in [0.15, 0.2) is 18.2 Å². The third-order valence-corrected chi connectivity index (χ3v) is 7.29. The summed E-state index contributed by atoms with van der Waals surface area (Å²) in [6, 6.07) is 7.23. The first kappa shape index (κ1) is 18.2. The molecular formula is C18H24FN3O2S. The molecule has 2 heterocycles. The van der Waals surface area contributed by atoms with Gasteiger partial charge in [0.05, 0.1) is 11.8 Å². The van der Waals surface area contributed by atoms with Crippen molar-refractivity contribution >= 4 is 15.7 Å². The number of hydrogen-bond acceptors (Lipinski definition) is 4. The highest BCUT2D eigenvalue weighted by molar-refractivity contribution is 7.89. The van der Waals surface area contributed by atoms with Gasteiger partial charge in [-0.3, -0.25) is 0 Å². The van der Waals surface area contributed by atoms with Crippen LogP contribution in [0, 0.1) is 23.1 Å². The van der Waals surface area contributed by atoms with Gasteiger partial charge in [-0.05, 0) is 44.7 Å². The Kier molecular flexibility index (Phi) is 5.30. The summed E-state index contributed by atoms with van der Waals surface area (Å²) in [4.78, 5) is 2.08. The molecule has 0 aromatic heterocycles. The van der Waals surface area contributed by atoms with Crippen molar-refractivity contribution in [3.05, 3.63) is 29.6 Å². The Bertz CT molecular complexity index is 767. The molecule has 136 valence electrons. The number of rotatable bonds is 3. The molecule has 0 saturated carbocycles. The molecule has 0 spiro atoms. The average molecular weight is 365 g/mol. The van der Waals surface area contributed by atoms with Crippen LogP contribution in [-0.4, -0.2) is 37.6 Å². The Labute approximate surface area is 149 Å². The Morgan fingerprint density at radius 3 is 2.60 bits per heavy atom. The second-order valence-electron chi connectivity index (χ2n) is 7.02. The number of nitrogens with zero attached hydrogens (tertiary/aromatic N) is 3. The van der Waals surface area contributed by atoms with E-state index in [0.717, 1.165) is 38.0 Å². The van der Waals surface area contributed by atoms with Gasteiger partial charge in [0.1, 0.15) is 5.82 Å². The maximum Gasteiger partial charge on any atom is 0.214 e.